The van der Waals surface area contributed by atoms with Crippen LogP contribution in [0.3, 0.4) is 0 Å². The molecule has 2 fully saturated rings. The van der Waals surface area contributed by atoms with Crippen LogP contribution >= 0.6 is 0 Å². The summed E-state index contributed by atoms with van der Waals surface area (Å²) >= 11 is 0. The van der Waals surface area contributed by atoms with E-state index in [4.69, 9.17) is 5.73 Å². The van der Waals surface area contributed by atoms with Crippen molar-refractivity contribution < 1.29 is 14.4 Å². The topological polar surface area (TPSA) is 95.7 Å². The number of rotatable bonds is 4. The van der Waals surface area contributed by atoms with Crippen LogP contribution in [0.1, 0.15) is 52.0 Å². The molecule has 3 N–H and O–H groups in total. The number of nitrogens with two attached hydrogens (primary N) is 1. The second-order valence-corrected chi connectivity index (χ2v) is 8.72. The lowest BCUT2D eigenvalue weighted by Crippen LogP contribution is -2.56. The molecule has 1 saturated carbocycles. The minimum atomic E-state index is -0.980. The van der Waals surface area contributed by atoms with Crippen molar-refractivity contribution in [1.82, 2.24) is 15.1 Å². The number of nitrogens with one attached hydrogen (secondary N) is 1. The van der Waals surface area contributed by atoms with Gasteiger partial charge in [0.05, 0.1) is 0 Å². The maximum Gasteiger partial charge on any atom is 0.264 e. The Kier molecular flexibility index (Phi) is 6.55. The predicted molar refractivity (Wildman–Crippen MR) is 122 cm³/mol. The molecule has 7 heteroatoms. The van der Waals surface area contributed by atoms with E-state index in [1.807, 2.05) is 25.1 Å². The summed E-state index contributed by atoms with van der Waals surface area (Å²) in [5.41, 5.74) is 8.05. The van der Waals surface area contributed by atoms with E-state index in [0.717, 1.165) is 31.2 Å². The zero-order chi connectivity index (χ0) is 22.7. The molecule has 1 aliphatic heterocycles. The zero-order valence-electron chi connectivity index (χ0n) is 18.4. The third kappa shape index (κ3) is 4.67. The second-order valence-electron chi connectivity index (χ2n) is 8.72. The normalized spacial score (nSPS) is 23.1. The molecule has 2 aromatic rings. The first-order valence-electron chi connectivity index (χ1n) is 11.2. The van der Waals surface area contributed by atoms with Gasteiger partial charge >= 0.3 is 0 Å². The molecule has 3 amide bonds. The average Bonchev–Trinajstić information content (AvgIpc) is 3.26. The van der Waals surface area contributed by atoms with Crippen LogP contribution in [-0.2, 0) is 4.79 Å². The summed E-state index contributed by atoms with van der Waals surface area (Å²) in [5.74, 6) is -0.817. The van der Waals surface area contributed by atoms with Gasteiger partial charge in [0, 0.05) is 36.3 Å². The number of carbonyl (C=O) groups excluding carboxylic acids is 3. The number of hydrogen-bond acceptors (Lipinski definition) is 4. The van der Waals surface area contributed by atoms with Crippen molar-refractivity contribution in [2.24, 2.45) is 5.73 Å². The van der Waals surface area contributed by atoms with E-state index in [-0.39, 0.29) is 29.8 Å². The fourth-order valence-corrected chi connectivity index (χ4v) is 4.48. The van der Waals surface area contributed by atoms with E-state index < -0.39 is 6.17 Å². The molecule has 4 rings (SSSR count). The minimum Gasteiger partial charge on any atom is -0.350 e. The summed E-state index contributed by atoms with van der Waals surface area (Å²) in [6, 6.07) is 16.3. The van der Waals surface area contributed by atoms with Gasteiger partial charge in [-0.15, -0.1) is 0 Å². The third-order valence-electron chi connectivity index (χ3n) is 6.37. The Hall–Kier alpha value is -3.19. The van der Waals surface area contributed by atoms with Gasteiger partial charge in [0.15, 0.2) is 6.17 Å². The van der Waals surface area contributed by atoms with Gasteiger partial charge in [-0.3, -0.25) is 14.4 Å². The van der Waals surface area contributed by atoms with Gasteiger partial charge in [-0.2, -0.15) is 0 Å². The van der Waals surface area contributed by atoms with Crippen molar-refractivity contribution in [2.75, 3.05) is 13.1 Å². The highest BCUT2D eigenvalue weighted by Gasteiger charge is 2.43. The molecule has 0 spiro atoms. The fourth-order valence-electron chi connectivity index (χ4n) is 4.48. The molecule has 168 valence electrons. The van der Waals surface area contributed by atoms with Crippen molar-refractivity contribution in [3.8, 4) is 0 Å². The fraction of sp³-hybridized carbons (Fsp3) is 0.400. The number of carbonyl (C=O) groups is 3. The lowest BCUT2D eigenvalue weighted by Gasteiger charge is -2.32. The largest absolute Gasteiger partial charge is 0.350 e. The van der Waals surface area contributed by atoms with Gasteiger partial charge < -0.3 is 20.9 Å². The van der Waals surface area contributed by atoms with Gasteiger partial charge in [-0.25, -0.2) is 0 Å². The lowest BCUT2D eigenvalue weighted by molar-refractivity contribution is -0.129. The van der Waals surface area contributed by atoms with Gasteiger partial charge in [-0.1, -0.05) is 35.9 Å². The molecule has 1 aliphatic carbocycles. The number of aryl methyl sites for hydroxylation is 1. The highest BCUT2D eigenvalue weighted by molar-refractivity contribution is 6.02. The standard InChI is InChI=1S/C25H30N4O3/c1-17-7-9-19(10-8-17)25(32)29-16-15-28(24(31)18-5-3-2-4-6-18)23(29)22(30)27-21-13-11-20(26)12-14-21/h2-10,20-21,23H,11-16,26H2,1H3,(H,27,30). The SMILES string of the molecule is Cc1ccc(C(=O)N2CCN(C(=O)c3ccccc3)C2C(=O)NC2CCC(N)CC2)cc1. The van der Waals surface area contributed by atoms with E-state index >= 15 is 0 Å². The maximum atomic E-state index is 13.4. The second kappa shape index (κ2) is 9.53. The van der Waals surface area contributed by atoms with Crippen LogP contribution in [0.15, 0.2) is 54.6 Å². The smallest absolute Gasteiger partial charge is 0.264 e. The first-order chi connectivity index (χ1) is 15.4. The number of benzene rings is 2. The third-order valence-corrected chi connectivity index (χ3v) is 6.37. The van der Waals surface area contributed by atoms with Crippen LogP contribution in [0.4, 0.5) is 0 Å². The molecular formula is C25H30N4O3. The molecule has 1 atom stereocenters. The van der Waals surface area contributed by atoms with E-state index in [0.29, 0.717) is 24.2 Å². The molecule has 32 heavy (non-hydrogen) atoms. The van der Waals surface area contributed by atoms with Crippen LogP contribution < -0.4 is 11.1 Å². The summed E-state index contributed by atoms with van der Waals surface area (Å²) in [6.45, 7) is 2.56. The van der Waals surface area contributed by atoms with E-state index in [1.54, 1.807) is 36.4 Å². The summed E-state index contributed by atoms with van der Waals surface area (Å²) < 4.78 is 0. The monoisotopic (exact) mass is 434 g/mol. The lowest BCUT2D eigenvalue weighted by atomic mass is 9.92. The van der Waals surface area contributed by atoms with Crippen molar-refractivity contribution >= 4 is 17.7 Å². The maximum absolute atomic E-state index is 13.4. The van der Waals surface area contributed by atoms with Gasteiger partial charge in [0.25, 0.3) is 17.7 Å². The Labute approximate surface area is 188 Å². The Morgan fingerprint density at radius 1 is 0.812 bits per heavy atom. The van der Waals surface area contributed by atoms with Crippen molar-refractivity contribution in [2.45, 2.75) is 50.9 Å². The zero-order valence-corrected chi connectivity index (χ0v) is 18.4. The summed E-state index contributed by atoms with van der Waals surface area (Å²) in [5, 5.41) is 3.08. The summed E-state index contributed by atoms with van der Waals surface area (Å²) in [6.07, 6.45) is 2.34. The molecule has 7 nitrogen and oxygen atoms in total. The molecule has 1 unspecified atom stereocenters. The number of amides is 3. The van der Waals surface area contributed by atoms with Crippen LogP contribution in [0.2, 0.25) is 0 Å². The van der Waals surface area contributed by atoms with Crippen LogP contribution in [0.25, 0.3) is 0 Å². The highest BCUT2D eigenvalue weighted by Crippen LogP contribution is 2.23. The molecule has 2 aliphatic rings. The minimum absolute atomic E-state index is 0.00732. The van der Waals surface area contributed by atoms with Gasteiger partial charge in [0.2, 0.25) is 0 Å². The molecule has 1 saturated heterocycles. The summed E-state index contributed by atoms with van der Waals surface area (Å²) in [4.78, 5) is 43.0. The molecule has 0 aromatic heterocycles. The first-order valence-corrected chi connectivity index (χ1v) is 11.2. The Morgan fingerprint density at radius 3 is 1.91 bits per heavy atom. The number of nitrogens with zero attached hydrogens (tertiary/aromatic N) is 2. The highest BCUT2D eigenvalue weighted by atomic mass is 16.2. The van der Waals surface area contributed by atoms with E-state index in [2.05, 4.69) is 5.32 Å². The first kappa shape index (κ1) is 22.0. The van der Waals surface area contributed by atoms with Crippen LogP contribution in [0.5, 0.6) is 0 Å². The Morgan fingerprint density at radius 2 is 1.34 bits per heavy atom. The van der Waals surface area contributed by atoms with Crippen molar-refractivity contribution in [3.63, 3.8) is 0 Å². The molecule has 2 aromatic carbocycles. The average molecular weight is 435 g/mol. The Balaban J connectivity index is 1.58. The van der Waals surface area contributed by atoms with Crippen molar-refractivity contribution in [1.29, 1.82) is 0 Å². The van der Waals surface area contributed by atoms with Gasteiger partial charge in [0.1, 0.15) is 0 Å². The summed E-state index contributed by atoms with van der Waals surface area (Å²) in [7, 11) is 0. The molecule has 0 radical (unpaired) electrons. The van der Waals surface area contributed by atoms with Gasteiger partial charge in [-0.05, 0) is 56.9 Å². The van der Waals surface area contributed by atoms with E-state index in [1.165, 1.54) is 9.80 Å². The molecular weight excluding hydrogens is 404 g/mol. The predicted octanol–water partition coefficient (Wildman–Crippen LogP) is 2.31. The number of hydrogen-bond donors (Lipinski definition) is 2. The van der Waals surface area contributed by atoms with Crippen molar-refractivity contribution in [3.05, 3.63) is 71.3 Å². The molecule has 1 heterocycles. The molecule has 0 bridgehead atoms. The quantitative estimate of drug-likeness (QED) is 0.772. The Bertz CT molecular complexity index is 968. The van der Waals surface area contributed by atoms with Crippen LogP contribution in [0, 0.1) is 6.92 Å². The van der Waals surface area contributed by atoms with E-state index in [9.17, 15) is 14.4 Å². The van der Waals surface area contributed by atoms with Crippen LogP contribution in [-0.4, -0.2) is 58.9 Å².